The minimum absolute atomic E-state index is 0.0313. The number of rotatable bonds is 8. The van der Waals surface area contributed by atoms with E-state index in [2.05, 4.69) is 22.8 Å². The third kappa shape index (κ3) is 5.22. The monoisotopic (exact) mass is 382 g/mol. The zero-order valence-electron chi connectivity index (χ0n) is 15.3. The first-order chi connectivity index (χ1) is 13.2. The molecule has 0 spiro atoms. The highest BCUT2D eigenvalue weighted by atomic mass is 35.5. The van der Waals surface area contributed by atoms with Crippen molar-refractivity contribution in [1.29, 1.82) is 0 Å². The molecule has 0 saturated heterocycles. The van der Waals surface area contributed by atoms with Gasteiger partial charge in [-0.15, -0.1) is 0 Å². The lowest BCUT2D eigenvalue weighted by Gasteiger charge is -2.23. The highest BCUT2D eigenvalue weighted by molar-refractivity contribution is 6.30. The maximum absolute atomic E-state index is 13.0. The Kier molecular flexibility index (Phi) is 6.69. The number of halogens is 1. The first-order valence-corrected chi connectivity index (χ1v) is 9.27. The standard InChI is InChI=1S/C22H23ClN2O2/c1-27-15-14-25(22(26)19-9-11-20(23)12-10-19)17-21-8-5-13-24(21)16-18-6-3-2-4-7-18/h2-13H,14-17H2,1H3. The zero-order valence-corrected chi connectivity index (χ0v) is 16.1. The highest BCUT2D eigenvalue weighted by Gasteiger charge is 2.17. The van der Waals surface area contributed by atoms with Crippen molar-refractivity contribution < 1.29 is 9.53 Å². The van der Waals surface area contributed by atoms with Gasteiger partial charge in [0.15, 0.2) is 0 Å². The smallest absolute Gasteiger partial charge is 0.254 e. The summed E-state index contributed by atoms with van der Waals surface area (Å²) in [5, 5.41) is 0.617. The van der Waals surface area contributed by atoms with Crippen LogP contribution in [0.3, 0.4) is 0 Å². The highest BCUT2D eigenvalue weighted by Crippen LogP contribution is 2.15. The minimum atomic E-state index is -0.0313. The molecule has 0 fully saturated rings. The van der Waals surface area contributed by atoms with E-state index in [9.17, 15) is 4.79 Å². The molecular formula is C22H23ClN2O2. The summed E-state index contributed by atoms with van der Waals surface area (Å²) in [6, 6.07) is 21.3. The molecule has 2 aromatic carbocycles. The van der Waals surface area contributed by atoms with Gasteiger partial charge in [-0.3, -0.25) is 4.79 Å². The van der Waals surface area contributed by atoms with E-state index < -0.39 is 0 Å². The average molecular weight is 383 g/mol. The van der Waals surface area contributed by atoms with Crippen LogP contribution >= 0.6 is 11.6 Å². The van der Waals surface area contributed by atoms with Gasteiger partial charge in [0.2, 0.25) is 0 Å². The minimum Gasteiger partial charge on any atom is -0.383 e. The molecule has 0 aliphatic carbocycles. The molecule has 1 heterocycles. The van der Waals surface area contributed by atoms with Crippen LogP contribution in [-0.2, 0) is 17.8 Å². The summed E-state index contributed by atoms with van der Waals surface area (Å²) >= 11 is 5.94. The van der Waals surface area contributed by atoms with E-state index in [1.54, 1.807) is 31.4 Å². The van der Waals surface area contributed by atoms with Crippen LogP contribution in [0.2, 0.25) is 5.02 Å². The van der Waals surface area contributed by atoms with Crippen molar-refractivity contribution in [2.45, 2.75) is 13.1 Å². The van der Waals surface area contributed by atoms with Gasteiger partial charge in [0.25, 0.3) is 5.91 Å². The van der Waals surface area contributed by atoms with Crippen molar-refractivity contribution in [3.8, 4) is 0 Å². The Labute approximate surface area is 164 Å². The maximum atomic E-state index is 13.0. The van der Waals surface area contributed by atoms with E-state index in [1.165, 1.54) is 5.56 Å². The molecular weight excluding hydrogens is 360 g/mol. The van der Waals surface area contributed by atoms with E-state index in [0.29, 0.717) is 30.3 Å². The molecule has 3 aromatic rings. The Hall–Kier alpha value is -2.56. The Morgan fingerprint density at radius 3 is 2.48 bits per heavy atom. The number of aromatic nitrogens is 1. The van der Waals surface area contributed by atoms with Crippen molar-refractivity contribution in [3.63, 3.8) is 0 Å². The van der Waals surface area contributed by atoms with Crippen molar-refractivity contribution in [3.05, 3.63) is 94.8 Å². The molecule has 0 N–H and O–H groups in total. The fourth-order valence-electron chi connectivity index (χ4n) is 2.95. The lowest BCUT2D eigenvalue weighted by molar-refractivity contribution is 0.0676. The molecule has 1 amide bonds. The number of benzene rings is 2. The van der Waals surface area contributed by atoms with Gasteiger partial charge in [0.1, 0.15) is 0 Å². The SMILES string of the molecule is COCCN(Cc1cccn1Cc1ccccc1)C(=O)c1ccc(Cl)cc1. The van der Waals surface area contributed by atoms with Crippen molar-refractivity contribution in [2.24, 2.45) is 0 Å². The largest absolute Gasteiger partial charge is 0.383 e. The molecule has 0 atom stereocenters. The fraction of sp³-hybridized carbons (Fsp3) is 0.227. The summed E-state index contributed by atoms with van der Waals surface area (Å²) in [5.41, 5.74) is 2.93. The summed E-state index contributed by atoms with van der Waals surface area (Å²) in [4.78, 5) is 14.8. The molecule has 0 unspecified atom stereocenters. The lowest BCUT2D eigenvalue weighted by atomic mass is 10.2. The number of carbonyl (C=O) groups is 1. The molecule has 0 bridgehead atoms. The fourth-order valence-corrected chi connectivity index (χ4v) is 3.08. The molecule has 0 radical (unpaired) electrons. The lowest BCUT2D eigenvalue weighted by Crippen LogP contribution is -2.34. The predicted octanol–water partition coefficient (Wildman–Crippen LogP) is 4.48. The first kappa shape index (κ1) is 19.2. The summed E-state index contributed by atoms with van der Waals surface area (Å²) in [7, 11) is 1.64. The number of carbonyl (C=O) groups excluding carboxylic acids is 1. The second-order valence-electron chi connectivity index (χ2n) is 6.34. The van der Waals surface area contributed by atoms with E-state index in [0.717, 1.165) is 12.2 Å². The van der Waals surface area contributed by atoms with Crippen molar-refractivity contribution >= 4 is 17.5 Å². The molecule has 5 heteroatoms. The number of methoxy groups -OCH3 is 1. The van der Waals surface area contributed by atoms with E-state index >= 15 is 0 Å². The van der Waals surface area contributed by atoms with Crippen molar-refractivity contribution in [2.75, 3.05) is 20.3 Å². The summed E-state index contributed by atoms with van der Waals surface area (Å²) in [6.07, 6.45) is 2.05. The van der Waals surface area contributed by atoms with Gasteiger partial charge in [0.05, 0.1) is 13.2 Å². The topological polar surface area (TPSA) is 34.5 Å². The zero-order chi connectivity index (χ0) is 19.1. The van der Waals surface area contributed by atoms with E-state index in [1.807, 2.05) is 35.4 Å². The Bertz CT molecular complexity index is 860. The molecule has 4 nitrogen and oxygen atoms in total. The molecule has 0 aliphatic heterocycles. The normalized spacial score (nSPS) is 10.7. The number of hydrogen-bond donors (Lipinski definition) is 0. The number of amides is 1. The number of nitrogens with zero attached hydrogens (tertiary/aromatic N) is 2. The van der Waals surface area contributed by atoms with Gasteiger partial charge in [-0.1, -0.05) is 41.9 Å². The van der Waals surface area contributed by atoms with Gasteiger partial charge in [-0.2, -0.15) is 0 Å². The van der Waals surface area contributed by atoms with Crippen LogP contribution in [0, 0.1) is 0 Å². The van der Waals surface area contributed by atoms with Crippen molar-refractivity contribution in [1.82, 2.24) is 9.47 Å². The molecule has 3 rings (SSSR count). The van der Waals surface area contributed by atoms with Crippen LogP contribution in [-0.4, -0.2) is 35.6 Å². The van der Waals surface area contributed by atoms with Crippen LogP contribution in [0.4, 0.5) is 0 Å². The quantitative estimate of drug-likeness (QED) is 0.575. The van der Waals surface area contributed by atoms with E-state index in [-0.39, 0.29) is 5.91 Å². The van der Waals surface area contributed by atoms with Crippen LogP contribution in [0.25, 0.3) is 0 Å². The van der Waals surface area contributed by atoms with Gasteiger partial charge >= 0.3 is 0 Å². The summed E-state index contributed by atoms with van der Waals surface area (Å²) in [5.74, 6) is -0.0313. The van der Waals surface area contributed by atoms with Crippen LogP contribution in [0.5, 0.6) is 0 Å². The van der Waals surface area contributed by atoms with Gasteiger partial charge in [-0.05, 0) is 42.0 Å². The second-order valence-corrected chi connectivity index (χ2v) is 6.78. The number of ether oxygens (including phenoxy) is 1. The van der Waals surface area contributed by atoms with Crippen LogP contribution in [0.15, 0.2) is 72.9 Å². The molecule has 0 aliphatic rings. The molecule has 0 saturated carbocycles. The van der Waals surface area contributed by atoms with E-state index in [4.69, 9.17) is 16.3 Å². The molecule has 140 valence electrons. The van der Waals surface area contributed by atoms with Crippen LogP contribution < -0.4 is 0 Å². The number of hydrogen-bond acceptors (Lipinski definition) is 2. The third-order valence-corrected chi connectivity index (χ3v) is 4.67. The molecule has 27 heavy (non-hydrogen) atoms. The third-order valence-electron chi connectivity index (χ3n) is 4.42. The molecule has 1 aromatic heterocycles. The Morgan fingerprint density at radius 2 is 1.78 bits per heavy atom. The summed E-state index contributed by atoms with van der Waals surface area (Å²) < 4.78 is 7.37. The Balaban J connectivity index is 1.78. The van der Waals surface area contributed by atoms with Crippen LogP contribution in [0.1, 0.15) is 21.6 Å². The Morgan fingerprint density at radius 1 is 1.04 bits per heavy atom. The van der Waals surface area contributed by atoms with Gasteiger partial charge < -0.3 is 14.2 Å². The summed E-state index contributed by atoms with van der Waals surface area (Å²) in [6.45, 7) is 2.30. The predicted molar refractivity (Wildman–Crippen MR) is 108 cm³/mol. The second kappa shape index (κ2) is 9.40. The average Bonchev–Trinajstić information content (AvgIpc) is 3.12. The first-order valence-electron chi connectivity index (χ1n) is 8.89. The maximum Gasteiger partial charge on any atom is 0.254 e. The van der Waals surface area contributed by atoms with Gasteiger partial charge in [-0.25, -0.2) is 0 Å². The van der Waals surface area contributed by atoms with Gasteiger partial charge in [0, 0.05) is 42.7 Å².